The van der Waals surface area contributed by atoms with E-state index in [1.165, 1.54) is 6.42 Å². The van der Waals surface area contributed by atoms with Crippen molar-refractivity contribution in [2.24, 2.45) is 0 Å². The molecule has 8 heavy (non-hydrogen) atoms. The second kappa shape index (κ2) is 2.03. The van der Waals surface area contributed by atoms with Crippen molar-refractivity contribution in [3.8, 4) is 0 Å². The predicted octanol–water partition coefficient (Wildman–Crippen LogP) is 1.16. The second-order valence-corrected chi connectivity index (χ2v) is 2.17. The van der Waals surface area contributed by atoms with Crippen LogP contribution in [0.5, 0.6) is 0 Å². The van der Waals surface area contributed by atoms with Gasteiger partial charge in [-0.2, -0.15) is 0 Å². The summed E-state index contributed by atoms with van der Waals surface area (Å²) < 4.78 is 10.2. The van der Waals surface area contributed by atoms with Crippen LogP contribution in [0.4, 0.5) is 0 Å². The molecular formula is C6H12O2. The van der Waals surface area contributed by atoms with Crippen molar-refractivity contribution in [1.82, 2.24) is 0 Å². The molecule has 0 saturated heterocycles. The van der Waals surface area contributed by atoms with E-state index in [-0.39, 0.29) is 5.79 Å². The lowest BCUT2D eigenvalue weighted by Gasteiger charge is -2.38. The number of hydrogen-bond donors (Lipinski definition) is 0. The Labute approximate surface area is 49.8 Å². The number of ether oxygens (including phenoxy) is 2. The maximum Gasteiger partial charge on any atom is 0.167 e. The molecule has 0 aromatic rings. The predicted molar refractivity (Wildman–Crippen MR) is 30.6 cm³/mol. The molecule has 0 bridgehead atoms. The number of hydrogen-bond acceptors (Lipinski definition) is 2. The van der Waals surface area contributed by atoms with E-state index < -0.39 is 0 Å². The maximum absolute atomic E-state index is 5.10. The highest BCUT2D eigenvalue weighted by molar-refractivity contribution is 4.78. The van der Waals surface area contributed by atoms with Crippen molar-refractivity contribution in [3.63, 3.8) is 0 Å². The van der Waals surface area contributed by atoms with Crippen molar-refractivity contribution in [2.75, 3.05) is 14.2 Å². The third kappa shape index (κ3) is 0.740. The summed E-state index contributed by atoms with van der Waals surface area (Å²) in [4.78, 5) is 0. The Bertz CT molecular complexity index is 63.1. The maximum atomic E-state index is 5.10. The summed E-state index contributed by atoms with van der Waals surface area (Å²) in [5.41, 5.74) is 0. The van der Waals surface area contributed by atoms with Gasteiger partial charge in [-0.1, -0.05) is 0 Å². The first kappa shape index (κ1) is 6.05. The van der Waals surface area contributed by atoms with Crippen LogP contribution in [0, 0.1) is 0 Å². The van der Waals surface area contributed by atoms with Crippen molar-refractivity contribution in [1.29, 1.82) is 0 Å². The Morgan fingerprint density at radius 1 is 1.12 bits per heavy atom. The first-order valence-electron chi connectivity index (χ1n) is 2.93. The molecule has 0 amide bonds. The third-order valence-electron chi connectivity index (χ3n) is 1.86. The second-order valence-electron chi connectivity index (χ2n) is 2.17. The molecule has 1 aliphatic rings. The van der Waals surface area contributed by atoms with Crippen molar-refractivity contribution in [2.45, 2.75) is 25.0 Å². The molecule has 1 rings (SSSR count). The van der Waals surface area contributed by atoms with Gasteiger partial charge in [-0.25, -0.2) is 0 Å². The normalized spacial score (nSPS) is 24.8. The Morgan fingerprint density at radius 3 is 1.62 bits per heavy atom. The van der Waals surface area contributed by atoms with Crippen LogP contribution in [0.3, 0.4) is 0 Å². The summed E-state index contributed by atoms with van der Waals surface area (Å²) in [6, 6.07) is 0. The van der Waals surface area contributed by atoms with Crippen molar-refractivity contribution < 1.29 is 9.47 Å². The SMILES string of the molecule is COC1(OC)CCC1. The average Bonchev–Trinajstić information content (AvgIpc) is 1.67. The van der Waals surface area contributed by atoms with E-state index in [2.05, 4.69) is 0 Å². The van der Waals surface area contributed by atoms with Crippen molar-refractivity contribution >= 4 is 0 Å². The molecule has 0 heterocycles. The topological polar surface area (TPSA) is 18.5 Å². The van der Waals surface area contributed by atoms with Crippen LogP contribution in [-0.4, -0.2) is 20.0 Å². The molecule has 1 saturated carbocycles. The standard InChI is InChI=1S/C6H12O2/c1-7-6(8-2)4-3-5-6/h3-5H2,1-2H3. The minimum Gasteiger partial charge on any atom is -0.353 e. The van der Waals surface area contributed by atoms with Gasteiger partial charge in [-0.3, -0.25) is 0 Å². The zero-order valence-corrected chi connectivity index (χ0v) is 5.44. The van der Waals surface area contributed by atoms with Crippen LogP contribution in [0.25, 0.3) is 0 Å². The summed E-state index contributed by atoms with van der Waals surface area (Å²) in [7, 11) is 3.39. The lowest BCUT2D eigenvalue weighted by molar-refractivity contribution is -0.249. The molecule has 0 aliphatic heterocycles. The molecule has 0 N–H and O–H groups in total. The third-order valence-corrected chi connectivity index (χ3v) is 1.86. The smallest absolute Gasteiger partial charge is 0.167 e. The van der Waals surface area contributed by atoms with E-state index in [1.807, 2.05) is 0 Å². The molecule has 2 nitrogen and oxygen atoms in total. The minimum atomic E-state index is -0.194. The van der Waals surface area contributed by atoms with Gasteiger partial charge in [0.05, 0.1) is 0 Å². The summed E-state index contributed by atoms with van der Waals surface area (Å²) in [6.45, 7) is 0. The van der Waals surface area contributed by atoms with Gasteiger partial charge in [-0.15, -0.1) is 0 Å². The largest absolute Gasteiger partial charge is 0.353 e. The quantitative estimate of drug-likeness (QED) is 0.504. The fourth-order valence-corrected chi connectivity index (χ4v) is 0.957. The van der Waals surface area contributed by atoms with Crippen molar-refractivity contribution in [3.05, 3.63) is 0 Å². The molecule has 0 atom stereocenters. The van der Waals surface area contributed by atoms with Gasteiger partial charge in [-0.05, 0) is 6.42 Å². The zero-order chi connectivity index (χ0) is 6.04. The molecule has 1 aliphatic carbocycles. The van der Waals surface area contributed by atoms with Crippen LogP contribution in [0.2, 0.25) is 0 Å². The van der Waals surface area contributed by atoms with Crippen LogP contribution < -0.4 is 0 Å². The van der Waals surface area contributed by atoms with Crippen LogP contribution in [0.15, 0.2) is 0 Å². The minimum absolute atomic E-state index is 0.194. The molecule has 2 heteroatoms. The van der Waals surface area contributed by atoms with Crippen LogP contribution in [-0.2, 0) is 9.47 Å². The Balaban J connectivity index is 2.33. The molecule has 0 unspecified atom stereocenters. The van der Waals surface area contributed by atoms with Gasteiger partial charge in [0.1, 0.15) is 0 Å². The monoisotopic (exact) mass is 116 g/mol. The average molecular weight is 116 g/mol. The molecular weight excluding hydrogens is 104 g/mol. The fraction of sp³-hybridized carbons (Fsp3) is 1.00. The lowest BCUT2D eigenvalue weighted by Crippen LogP contribution is -2.40. The Morgan fingerprint density at radius 2 is 1.62 bits per heavy atom. The lowest BCUT2D eigenvalue weighted by atomic mass is 9.91. The highest BCUT2D eigenvalue weighted by Crippen LogP contribution is 2.34. The van der Waals surface area contributed by atoms with Crippen LogP contribution >= 0.6 is 0 Å². The first-order chi connectivity index (χ1) is 3.83. The molecule has 0 spiro atoms. The fourth-order valence-electron chi connectivity index (χ4n) is 0.957. The Hall–Kier alpha value is -0.0800. The Kier molecular flexibility index (Phi) is 1.54. The van der Waals surface area contributed by atoms with E-state index in [4.69, 9.17) is 9.47 Å². The summed E-state index contributed by atoms with van der Waals surface area (Å²) >= 11 is 0. The number of methoxy groups -OCH3 is 2. The van der Waals surface area contributed by atoms with Gasteiger partial charge in [0.25, 0.3) is 0 Å². The number of rotatable bonds is 2. The highest BCUT2D eigenvalue weighted by Gasteiger charge is 2.36. The van der Waals surface area contributed by atoms with Crippen LogP contribution in [0.1, 0.15) is 19.3 Å². The molecule has 0 aromatic heterocycles. The summed E-state index contributed by atoms with van der Waals surface area (Å²) in [6.07, 6.45) is 3.35. The van der Waals surface area contributed by atoms with Gasteiger partial charge >= 0.3 is 0 Å². The van der Waals surface area contributed by atoms with Gasteiger partial charge in [0, 0.05) is 27.1 Å². The molecule has 48 valence electrons. The van der Waals surface area contributed by atoms with Gasteiger partial charge < -0.3 is 9.47 Å². The van der Waals surface area contributed by atoms with E-state index in [0.29, 0.717) is 0 Å². The van der Waals surface area contributed by atoms with Gasteiger partial charge in [0.15, 0.2) is 5.79 Å². The molecule has 0 aromatic carbocycles. The summed E-state index contributed by atoms with van der Waals surface area (Å²) in [5.74, 6) is -0.194. The first-order valence-corrected chi connectivity index (χ1v) is 2.93. The molecule has 1 fully saturated rings. The van der Waals surface area contributed by atoms with Gasteiger partial charge in [0.2, 0.25) is 0 Å². The van der Waals surface area contributed by atoms with E-state index >= 15 is 0 Å². The molecule has 0 radical (unpaired) electrons. The van der Waals surface area contributed by atoms with E-state index in [9.17, 15) is 0 Å². The highest BCUT2D eigenvalue weighted by atomic mass is 16.7. The van der Waals surface area contributed by atoms with E-state index in [0.717, 1.165) is 12.8 Å². The zero-order valence-electron chi connectivity index (χ0n) is 5.44. The summed E-state index contributed by atoms with van der Waals surface area (Å²) in [5, 5.41) is 0. The van der Waals surface area contributed by atoms with E-state index in [1.54, 1.807) is 14.2 Å².